The highest BCUT2D eigenvalue weighted by atomic mass is 16.6. The minimum absolute atomic E-state index is 0.559. The van der Waals surface area contributed by atoms with Crippen LogP contribution in [0.4, 0.5) is 0 Å². The number of nitrogens with two attached hydrogens (primary N) is 1. The molecule has 0 saturated carbocycles. The fraction of sp³-hybridized carbons (Fsp3) is 0.778. The summed E-state index contributed by atoms with van der Waals surface area (Å²) in [5.41, 5.74) is 3.64. The van der Waals surface area contributed by atoms with Crippen LogP contribution in [0.15, 0.2) is 0 Å². The van der Waals surface area contributed by atoms with Gasteiger partial charge in [-0.2, -0.15) is 0 Å². The molecule has 0 radical (unpaired) electrons. The maximum Gasteiger partial charge on any atom is 0.333 e. The lowest BCUT2D eigenvalue weighted by molar-refractivity contribution is -0.168. The second kappa shape index (κ2) is 3.46. The normalized spacial score (nSPS) is 12.5. The second-order valence-electron chi connectivity index (χ2n) is 4.65. The third-order valence-corrected chi connectivity index (χ3v) is 1.32. The molecule has 0 aromatic rings. The monoisotopic (exact) mass is 187 g/mol. The van der Waals surface area contributed by atoms with Gasteiger partial charge < -0.3 is 10.5 Å². The van der Waals surface area contributed by atoms with E-state index in [1.807, 2.05) is 0 Å². The Kier molecular flexibility index (Phi) is 3.22. The zero-order valence-electron chi connectivity index (χ0n) is 8.80. The molecule has 76 valence electrons. The maximum atomic E-state index is 11.2. The van der Waals surface area contributed by atoms with E-state index in [1.54, 1.807) is 20.8 Å². The Morgan fingerprint density at radius 2 is 1.38 bits per heavy atom. The van der Waals surface area contributed by atoms with Crippen LogP contribution in [-0.2, 0) is 14.3 Å². The maximum absolute atomic E-state index is 11.2. The van der Waals surface area contributed by atoms with Crippen LogP contribution >= 0.6 is 0 Å². The molecule has 13 heavy (non-hydrogen) atoms. The van der Waals surface area contributed by atoms with Gasteiger partial charge in [-0.1, -0.05) is 0 Å². The lowest BCUT2D eigenvalue weighted by atomic mass is 9.97. The number of carbonyl (C=O) groups is 2. The summed E-state index contributed by atoms with van der Waals surface area (Å²) in [5.74, 6) is -1.26. The number of ether oxygens (including phenoxy) is 1. The Bertz CT molecular complexity index is 196. The predicted octanol–water partition coefficient (Wildman–Crippen LogP) is 0.840. The van der Waals surface area contributed by atoms with E-state index in [9.17, 15) is 9.59 Å². The molecule has 2 N–H and O–H groups in total. The molecular formula is C9H17NO3. The minimum atomic E-state index is -1.12. The Balaban J connectivity index is 4.34. The largest absolute Gasteiger partial charge is 0.391 e. The van der Waals surface area contributed by atoms with Crippen LogP contribution in [0.5, 0.6) is 0 Å². The van der Waals surface area contributed by atoms with Gasteiger partial charge in [0.25, 0.3) is 0 Å². The highest BCUT2D eigenvalue weighted by molar-refractivity contribution is 5.92. The second-order valence-corrected chi connectivity index (χ2v) is 4.65. The highest BCUT2D eigenvalue weighted by Crippen LogP contribution is 2.16. The van der Waals surface area contributed by atoms with Gasteiger partial charge in [0.1, 0.15) is 5.54 Å². The highest BCUT2D eigenvalue weighted by Gasteiger charge is 2.31. The lowest BCUT2D eigenvalue weighted by Crippen LogP contribution is -2.45. The van der Waals surface area contributed by atoms with Crippen molar-refractivity contribution in [2.24, 2.45) is 11.1 Å². The average molecular weight is 187 g/mol. The Morgan fingerprint density at radius 1 is 1.00 bits per heavy atom. The van der Waals surface area contributed by atoms with Crippen molar-refractivity contribution in [3.8, 4) is 0 Å². The number of rotatable bonds is 1. The summed E-state index contributed by atoms with van der Waals surface area (Å²) in [6.07, 6.45) is 0. The van der Waals surface area contributed by atoms with Gasteiger partial charge in [0.15, 0.2) is 0 Å². The zero-order valence-corrected chi connectivity index (χ0v) is 8.80. The van der Waals surface area contributed by atoms with Gasteiger partial charge in [-0.05, 0) is 34.6 Å². The zero-order chi connectivity index (χ0) is 10.9. The van der Waals surface area contributed by atoms with E-state index in [2.05, 4.69) is 4.74 Å². The van der Waals surface area contributed by atoms with Gasteiger partial charge in [0.2, 0.25) is 0 Å². The first-order valence-electron chi connectivity index (χ1n) is 4.11. The smallest absolute Gasteiger partial charge is 0.333 e. The van der Waals surface area contributed by atoms with Crippen molar-refractivity contribution < 1.29 is 14.3 Å². The van der Waals surface area contributed by atoms with Gasteiger partial charge in [0, 0.05) is 0 Å². The fourth-order valence-corrected chi connectivity index (χ4v) is 0.369. The van der Waals surface area contributed by atoms with Crippen molar-refractivity contribution in [3.63, 3.8) is 0 Å². The van der Waals surface area contributed by atoms with E-state index >= 15 is 0 Å². The van der Waals surface area contributed by atoms with Crippen LogP contribution in [0, 0.1) is 5.41 Å². The molecule has 0 aliphatic heterocycles. The standard InChI is InChI=1S/C9H17NO3/c1-8(2,3)6(11)13-7(12)9(4,5)10/h10H2,1-5H3. The Hall–Kier alpha value is -0.900. The van der Waals surface area contributed by atoms with E-state index in [0.29, 0.717) is 0 Å². The lowest BCUT2D eigenvalue weighted by Gasteiger charge is -2.20. The molecule has 0 heterocycles. The minimum Gasteiger partial charge on any atom is -0.391 e. The molecule has 0 amide bonds. The molecule has 0 saturated heterocycles. The quantitative estimate of drug-likeness (QED) is 0.488. The van der Waals surface area contributed by atoms with Crippen molar-refractivity contribution >= 4 is 11.9 Å². The van der Waals surface area contributed by atoms with Gasteiger partial charge in [0.05, 0.1) is 5.41 Å². The average Bonchev–Trinajstić information content (AvgIpc) is 1.82. The molecule has 0 bridgehead atoms. The number of carbonyl (C=O) groups excluding carboxylic acids is 2. The van der Waals surface area contributed by atoms with E-state index in [0.717, 1.165) is 0 Å². The first-order valence-corrected chi connectivity index (χ1v) is 4.11. The van der Waals surface area contributed by atoms with Crippen molar-refractivity contribution in [1.29, 1.82) is 0 Å². The molecule has 0 aromatic carbocycles. The summed E-state index contributed by atoms with van der Waals surface area (Å²) < 4.78 is 4.58. The summed E-state index contributed by atoms with van der Waals surface area (Å²) in [5, 5.41) is 0. The molecule has 0 fully saturated rings. The first-order chi connectivity index (χ1) is 5.55. The number of esters is 2. The molecular weight excluding hydrogens is 170 g/mol. The predicted molar refractivity (Wildman–Crippen MR) is 48.8 cm³/mol. The topological polar surface area (TPSA) is 69.4 Å². The van der Waals surface area contributed by atoms with E-state index < -0.39 is 22.9 Å². The van der Waals surface area contributed by atoms with Gasteiger partial charge >= 0.3 is 11.9 Å². The summed E-state index contributed by atoms with van der Waals surface area (Å²) in [7, 11) is 0. The third-order valence-electron chi connectivity index (χ3n) is 1.32. The van der Waals surface area contributed by atoms with Crippen molar-refractivity contribution in [1.82, 2.24) is 0 Å². The molecule has 0 aliphatic carbocycles. The summed E-state index contributed by atoms with van der Waals surface area (Å²) in [4.78, 5) is 22.4. The number of hydrogen-bond donors (Lipinski definition) is 1. The molecule has 0 unspecified atom stereocenters. The van der Waals surface area contributed by atoms with Crippen LogP contribution < -0.4 is 5.73 Å². The molecule has 0 rings (SSSR count). The van der Waals surface area contributed by atoms with Crippen LogP contribution in [-0.4, -0.2) is 17.5 Å². The Morgan fingerprint density at radius 3 is 1.62 bits per heavy atom. The Labute approximate surface area is 78.4 Å². The van der Waals surface area contributed by atoms with E-state index in [4.69, 9.17) is 5.73 Å². The molecule has 0 aromatic heterocycles. The van der Waals surface area contributed by atoms with Gasteiger partial charge in [-0.25, -0.2) is 4.79 Å². The molecule has 0 spiro atoms. The van der Waals surface area contributed by atoms with Gasteiger partial charge in [-0.15, -0.1) is 0 Å². The summed E-state index contributed by atoms with van der Waals surface area (Å²) in [6, 6.07) is 0. The fourth-order valence-electron chi connectivity index (χ4n) is 0.369. The molecule has 0 atom stereocenters. The van der Waals surface area contributed by atoms with Crippen molar-refractivity contribution in [3.05, 3.63) is 0 Å². The molecule has 4 nitrogen and oxygen atoms in total. The van der Waals surface area contributed by atoms with Crippen molar-refractivity contribution in [2.75, 3.05) is 0 Å². The van der Waals surface area contributed by atoms with Crippen LogP contribution in [0.3, 0.4) is 0 Å². The van der Waals surface area contributed by atoms with Gasteiger partial charge in [-0.3, -0.25) is 4.79 Å². The third kappa shape index (κ3) is 4.03. The van der Waals surface area contributed by atoms with Crippen LogP contribution in [0.1, 0.15) is 34.6 Å². The first kappa shape index (κ1) is 12.1. The summed E-state index contributed by atoms with van der Waals surface area (Å²) in [6.45, 7) is 8.00. The van der Waals surface area contributed by atoms with E-state index in [-0.39, 0.29) is 0 Å². The van der Waals surface area contributed by atoms with Crippen LogP contribution in [0.25, 0.3) is 0 Å². The molecule has 4 heteroatoms. The molecule has 0 aliphatic rings. The van der Waals surface area contributed by atoms with Crippen molar-refractivity contribution in [2.45, 2.75) is 40.2 Å². The number of hydrogen-bond acceptors (Lipinski definition) is 4. The van der Waals surface area contributed by atoms with E-state index in [1.165, 1.54) is 13.8 Å². The van der Waals surface area contributed by atoms with Crippen LogP contribution in [0.2, 0.25) is 0 Å². The SMILES string of the molecule is CC(C)(C)C(=O)OC(=O)C(C)(C)N. The summed E-state index contributed by atoms with van der Waals surface area (Å²) >= 11 is 0.